The molecular formula is C27H27BrN2O4. The fourth-order valence-corrected chi connectivity index (χ4v) is 5.73. The first kappa shape index (κ1) is 22.7. The van der Waals surface area contributed by atoms with E-state index in [0.717, 1.165) is 39.4 Å². The number of hydrogen-bond acceptors (Lipinski definition) is 4. The molecule has 0 saturated carbocycles. The normalized spacial score (nSPS) is 19.9. The number of amides is 2. The Kier molecular flexibility index (Phi) is 5.98. The van der Waals surface area contributed by atoms with E-state index in [4.69, 9.17) is 4.74 Å². The number of carbonyl (C=O) groups is 2. The number of ether oxygens (including phenoxy) is 1. The Morgan fingerprint density at radius 1 is 1.00 bits per heavy atom. The minimum absolute atomic E-state index is 0.0123. The molecule has 0 aliphatic carbocycles. The standard InChI is InChI=1S/C27H27BrN2O4/c1-16-10-21(34-2)7-8-22(16)26(32)29-14-18-4-3-9-30(24(18)15-29)27(33)23-12-19-11-20(28)6-5-17(19)13-25(23)31/h5-8,10-13,18,24,31H,3-4,9,14-15H2,1-2H3/t18-,24+/m1/s1. The molecule has 0 bridgehead atoms. The molecule has 2 aliphatic heterocycles. The summed E-state index contributed by atoms with van der Waals surface area (Å²) in [5.74, 6) is 0.756. The third kappa shape index (κ3) is 4.02. The number of phenolic OH excluding ortho intramolecular Hbond substituents is 1. The molecule has 34 heavy (non-hydrogen) atoms. The van der Waals surface area contributed by atoms with Crippen molar-refractivity contribution in [1.82, 2.24) is 9.80 Å². The number of halogens is 1. The van der Waals surface area contributed by atoms with E-state index in [2.05, 4.69) is 15.9 Å². The zero-order valence-electron chi connectivity index (χ0n) is 19.3. The van der Waals surface area contributed by atoms with E-state index in [1.807, 2.05) is 47.1 Å². The molecule has 6 nitrogen and oxygen atoms in total. The predicted octanol–water partition coefficient (Wildman–Crippen LogP) is 5.00. The summed E-state index contributed by atoms with van der Waals surface area (Å²) in [5.41, 5.74) is 1.84. The fourth-order valence-electron chi connectivity index (χ4n) is 5.35. The average Bonchev–Trinajstić information content (AvgIpc) is 3.27. The second kappa shape index (κ2) is 8.95. The molecule has 0 radical (unpaired) electrons. The van der Waals surface area contributed by atoms with Crippen molar-refractivity contribution in [3.63, 3.8) is 0 Å². The highest BCUT2D eigenvalue weighted by Gasteiger charge is 2.43. The lowest BCUT2D eigenvalue weighted by Gasteiger charge is -2.37. The summed E-state index contributed by atoms with van der Waals surface area (Å²) in [6.45, 7) is 3.67. The van der Waals surface area contributed by atoms with Crippen molar-refractivity contribution in [1.29, 1.82) is 0 Å². The molecule has 0 unspecified atom stereocenters. The number of hydrogen-bond donors (Lipinski definition) is 1. The van der Waals surface area contributed by atoms with Crippen LogP contribution >= 0.6 is 15.9 Å². The van der Waals surface area contributed by atoms with Gasteiger partial charge in [-0.05, 0) is 84.5 Å². The largest absolute Gasteiger partial charge is 0.507 e. The number of nitrogens with zero attached hydrogens (tertiary/aromatic N) is 2. The third-order valence-electron chi connectivity index (χ3n) is 7.14. The van der Waals surface area contributed by atoms with Gasteiger partial charge in [-0.15, -0.1) is 0 Å². The summed E-state index contributed by atoms with van der Waals surface area (Å²) in [7, 11) is 1.61. The van der Waals surface area contributed by atoms with Gasteiger partial charge in [0.2, 0.25) is 0 Å². The Morgan fingerprint density at radius 2 is 1.82 bits per heavy atom. The summed E-state index contributed by atoms with van der Waals surface area (Å²) in [6.07, 6.45) is 1.87. The van der Waals surface area contributed by atoms with Crippen LogP contribution in [0, 0.1) is 12.8 Å². The molecule has 2 atom stereocenters. The Morgan fingerprint density at radius 3 is 2.59 bits per heavy atom. The molecule has 5 rings (SSSR count). The number of aromatic hydroxyl groups is 1. The molecule has 2 saturated heterocycles. The van der Waals surface area contributed by atoms with Gasteiger partial charge in [0, 0.05) is 29.7 Å². The van der Waals surface area contributed by atoms with Gasteiger partial charge >= 0.3 is 0 Å². The summed E-state index contributed by atoms with van der Waals surface area (Å²) >= 11 is 3.48. The monoisotopic (exact) mass is 522 g/mol. The molecule has 2 amide bonds. The number of fused-ring (bicyclic) bond motifs is 2. The van der Waals surface area contributed by atoms with E-state index in [9.17, 15) is 14.7 Å². The third-order valence-corrected chi connectivity index (χ3v) is 7.63. The summed E-state index contributed by atoms with van der Waals surface area (Å²) < 4.78 is 6.18. The first-order valence-corrected chi connectivity index (χ1v) is 12.3. The van der Waals surface area contributed by atoms with E-state index in [1.54, 1.807) is 25.3 Å². The van der Waals surface area contributed by atoms with Crippen LogP contribution in [0.3, 0.4) is 0 Å². The van der Waals surface area contributed by atoms with Crippen LogP contribution in [-0.4, -0.2) is 59.5 Å². The quantitative estimate of drug-likeness (QED) is 0.525. The molecule has 0 spiro atoms. The second-order valence-electron chi connectivity index (χ2n) is 9.22. The zero-order valence-corrected chi connectivity index (χ0v) is 20.8. The van der Waals surface area contributed by atoms with E-state index in [-0.39, 0.29) is 29.5 Å². The van der Waals surface area contributed by atoms with Gasteiger partial charge in [-0.25, -0.2) is 0 Å². The summed E-state index contributed by atoms with van der Waals surface area (Å²) in [4.78, 5) is 30.7. The summed E-state index contributed by atoms with van der Waals surface area (Å²) in [5, 5.41) is 12.4. The van der Waals surface area contributed by atoms with Gasteiger partial charge in [-0.1, -0.05) is 22.0 Å². The van der Waals surface area contributed by atoms with Crippen molar-refractivity contribution in [2.75, 3.05) is 26.7 Å². The molecule has 176 valence electrons. The number of rotatable bonds is 3. The number of benzene rings is 3. The second-order valence-corrected chi connectivity index (χ2v) is 10.1. The lowest BCUT2D eigenvalue weighted by molar-refractivity contribution is 0.0561. The van der Waals surface area contributed by atoms with Crippen molar-refractivity contribution >= 4 is 38.5 Å². The molecule has 2 aliphatic rings. The highest BCUT2D eigenvalue weighted by molar-refractivity contribution is 9.10. The van der Waals surface area contributed by atoms with Crippen molar-refractivity contribution in [2.45, 2.75) is 25.8 Å². The van der Waals surface area contributed by atoms with Gasteiger partial charge in [-0.2, -0.15) is 0 Å². The smallest absolute Gasteiger partial charge is 0.257 e. The van der Waals surface area contributed by atoms with E-state index < -0.39 is 0 Å². The first-order chi connectivity index (χ1) is 16.4. The van der Waals surface area contributed by atoms with Crippen LogP contribution in [0.5, 0.6) is 11.5 Å². The Bertz CT molecular complexity index is 1290. The molecule has 2 fully saturated rings. The minimum Gasteiger partial charge on any atom is -0.507 e. The maximum Gasteiger partial charge on any atom is 0.257 e. The van der Waals surface area contributed by atoms with Crippen molar-refractivity contribution in [2.24, 2.45) is 5.92 Å². The molecule has 2 heterocycles. The van der Waals surface area contributed by atoms with Crippen LogP contribution in [-0.2, 0) is 0 Å². The van der Waals surface area contributed by atoms with Crippen LogP contribution in [0.1, 0.15) is 39.1 Å². The molecule has 3 aromatic carbocycles. The molecule has 7 heteroatoms. The van der Waals surface area contributed by atoms with Crippen LogP contribution in [0.4, 0.5) is 0 Å². The predicted molar refractivity (Wildman–Crippen MR) is 134 cm³/mol. The highest BCUT2D eigenvalue weighted by Crippen LogP contribution is 2.35. The van der Waals surface area contributed by atoms with Crippen molar-refractivity contribution in [3.05, 3.63) is 69.7 Å². The molecule has 0 aromatic heterocycles. The molecular weight excluding hydrogens is 496 g/mol. The summed E-state index contributed by atoms with van der Waals surface area (Å²) in [6, 6.07) is 14.6. The minimum atomic E-state index is -0.177. The Balaban J connectivity index is 1.40. The van der Waals surface area contributed by atoms with Gasteiger partial charge in [0.05, 0.1) is 18.7 Å². The number of piperidine rings is 1. The highest BCUT2D eigenvalue weighted by atomic mass is 79.9. The van der Waals surface area contributed by atoms with Crippen LogP contribution in [0.15, 0.2) is 53.0 Å². The lowest BCUT2D eigenvalue weighted by atomic mass is 9.91. The average molecular weight is 523 g/mol. The van der Waals surface area contributed by atoms with Crippen LogP contribution in [0.25, 0.3) is 10.8 Å². The Hall–Kier alpha value is -3.06. The van der Waals surface area contributed by atoms with Crippen LogP contribution < -0.4 is 4.74 Å². The Labute approximate surface area is 207 Å². The van der Waals surface area contributed by atoms with Gasteiger partial charge in [0.25, 0.3) is 11.8 Å². The maximum atomic E-state index is 13.6. The number of carbonyl (C=O) groups excluding carboxylic acids is 2. The van der Waals surface area contributed by atoms with E-state index in [0.29, 0.717) is 30.8 Å². The number of aryl methyl sites for hydroxylation is 1. The zero-order chi connectivity index (χ0) is 24.0. The van der Waals surface area contributed by atoms with Gasteiger partial charge < -0.3 is 19.6 Å². The van der Waals surface area contributed by atoms with Gasteiger partial charge in [-0.3, -0.25) is 9.59 Å². The number of methoxy groups -OCH3 is 1. The van der Waals surface area contributed by atoms with Crippen LogP contribution in [0.2, 0.25) is 0 Å². The number of phenols is 1. The van der Waals surface area contributed by atoms with Gasteiger partial charge in [0.1, 0.15) is 11.5 Å². The topological polar surface area (TPSA) is 70.1 Å². The van der Waals surface area contributed by atoms with E-state index >= 15 is 0 Å². The SMILES string of the molecule is COc1ccc(C(=O)N2C[C@H]3CCCN(C(=O)c4cc5cc(Br)ccc5cc4O)[C@H]3C2)c(C)c1. The fraction of sp³-hybridized carbons (Fsp3) is 0.333. The number of likely N-dealkylation sites (tertiary alicyclic amines) is 2. The molecule has 1 N–H and O–H groups in total. The van der Waals surface area contributed by atoms with E-state index in [1.165, 1.54) is 0 Å². The lowest BCUT2D eigenvalue weighted by Crippen LogP contribution is -2.48. The van der Waals surface area contributed by atoms with Crippen molar-refractivity contribution in [3.8, 4) is 11.5 Å². The maximum absolute atomic E-state index is 13.6. The first-order valence-electron chi connectivity index (χ1n) is 11.5. The van der Waals surface area contributed by atoms with Crippen molar-refractivity contribution < 1.29 is 19.4 Å². The van der Waals surface area contributed by atoms with Gasteiger partial charge in [0.15, 0.2) is 0 Å². The molecule has 3 aromatic rings.